The minimum atomic E-state index is -0.503. The minimum Gasteiger partial charge on any atom is -0.476 e. The summed E-state index contributed by atoms with van der Waals surface area (Å²) >= 11 is 0. The van der Waals surface area contributed by atoms with Crippen LogP contribution in [0.5, 0.6) is 5.75 Å². The van der Waals surface area contributed by atoms with Crippen molar-refractivity contribution in [3.63, 3.8) is 0 Å². The number of furan rings is 1. The zero-order valence-electron chi connectivity index (χ0n) is 15.7. The number of hydrogen-bond donors (Lipinski definition) is 0. The van der Waals surface area contributed by atoms with E-state index in [-0.39, 0.29) is 5.78 Å². The lowest BCUT2D eigenvalue weighted by molar-refractivity contribution is 0.102. The van der Waals surface area contributed by atoms with E-state index < -0.39 is 6.10 Å². The molecule has 3 aromatic rings. The van der Waals surface area contributed by atoms with Gasteiger partial charge in [-0.1, -0.05) is 36.8 Å². The van der Waals surface area contributed by atoms with Gasteiger partial charge in [-0.3, -0.25) is 4.79 Å². The summed E-state index contributed by atoms with van der Waals surface area (Å²) < 4.78 is 11.2. The first kappa shape index (κ1) is 18.5. The van der Waals surface area contributed by atoms with Gasteiger partial charge in [0.1, 0.15) is 17.4 Å². The van der Waals surface area contributed by atoms with E-state index in [0.717, 1.165) is 34.1 Å². The van der Waals surface area contributed by atoms with Gasteiger partial charge in [0.05, 0.1) is 0 Å². The van der Waals surface area contributed by atoms with Crippen molar-refractivity contribution in [2.45, 2.75) is 33.3 Å². The average Bonchev–Trinajstić information content (AvgIpc) is 3.04. The zero-order chi connectivity index (χ0) is 19.4. The fourth-order valence-electron chi connectivity index (χ4n) is 2.95. The van der Waals surface area contributed by atoms with Crippen molar-refractivity contribution >= 4 is 22.8 Å². The summed E-state index contributed by atoms with van der Waals surface area (Å²) in [5, 5.41) is 9.78. The van der Waals surface area contributed by atoms with Gasteiger partial charge in [-0.15, -0.1) is 0 Å². The van der Waals surface area contributed by atoms with Gasteiger partial charge in [0, 0.05) is 10.9 Å². The number of fused-ring (bicyclic) bond motifs is 1. The molecular formula is C23H21NO3. The standard InChI is InChI=1S/C23H21NO3/c1-4-19-20-13-15(2)5-12-22(20)27-23(19)21(25)11-8-17-6-9-18(10-7-17)26-16(3)14-24/h5-13,16H,4H2,1-3H3/b11-8+. The van der Waals surface area contributed by atoms with Crippen molar-refractivity contribution in [3.05, 3.63) is 71.0 Å². The summed E-state index contributed by atoms with van der Waals surface area (Å²) in [6.45, 7) is 5.73. The van der Waals surface area contributed by atoms with Gasteiger partial charge in [0.25, 0.3) is 0 Å². The van der Waals surface area contributed by atoms with Crippen molar-refractivity contribution in [1.82, 2.24) is 0 Å². The Hall–Kier alpha value is -3.32. The van der Waals surface area contributed by atoms with Crippen molar-refractivity contribution in [1.29, 1.82) is 5.26 Å². The second-order valence-corrected chi connectivity index (χ2v) is 6.42. The molecule has 1 atom stereocenters. The summed E-state index contributed by atoms with van der Waals surface area (Å²) in [7, 11) is 0. The minimum absolute atomic E-state index is 0.154. The molecule has 0 radical (unpaired) electrons. The number of carbonyl (C=O) groups excluding carboxylic acids is 1. The van der Waals surface area contributed by atoms with Gasteiger partial charge in [0.2, 0.25) is 5.78 Å². The number of rotatable bonds is 6. The van der Waals surface area contributed by atoms with Gasteiger partial charge >= 0.3 is 0 Å². The number of nitrogens with zero attached hydrogens (tertiary/aromatic N) is 1. The Bertz CT molecular complexity index is 1040. The van der Waals surface area contributed by atoms with E-state index in [4.69, 9.17) is 14.4 Å². The smallest absolute Gasteiger partial charge is 0.221 e. The molecule has 1 unspecified atom stereocenters. The summed E-state index contributed by atoms with van der Waals surface area (Å²) in [6, 6.07) is 15.2. The lowest BCUT2D eigenvalue weighted by Crippen LogP contribution is -2.07. The topological polar surface area (TPSA) is 63.2 Å². The van der Waals surface area contributed by atoms with Crippen LogP contribution in [0.25, 0.3) is 17.0 Å². The van der Waals surface area contributed by atoms with Crippen LogP contribution in [0, 0.1) is 18.3 Å². The largest absolute Gasteiger partial charge is 0.476 e. The lowest BCUT2D eigenvalue weighted by Gasteiger charge is -2.07. The van der Waals surface area contributed by atoms with Crippen LogP contribution in [0.2, 0.25) is 0 Å². The third kappa shape index (κ3) is 4.09. The van der Waals surface area contributed by atoms with Crippen LogP contribution in [0.15, 0.2) is 53.0 Å². The molecular weight excluding hydrogens is 338 g/mol. The molecule has 0 amide bonds. The quantitative estimate of drug-likeness (QED) is 0.431. The summed E-state index contributed by atoms with van der Waals surface area (Å²) in [4.78, 5) is 12.7. The first-order valence-electron chi connectivity index (χ1n) is 8.92. The van der Waals surface area contributed by atoms with Crippen LogP contribution in [-0.2, 0) is 6.42 Å². The maximum atomic E-state index is 12.7. The van der Waals surface area contributed by atoms with E-state index in [2.05, 4.69) is 6.07 Å². The van der Waals surface area contributed by atoms with E-state index >= 15 is 0 Å². The molecule has 1 heterocycles. The number of allylic oxidation sites excluding steroid dienone is 1. The molecule has 0 aliphatic rings. The molecule has 0 saturated carbocycles. The first-order valence-corrected chi connectivity index (χ1v) is 8.92. The maximum absolute atomic E-state index is 12.7. The maximum Gasteiger partial charge on any atom is 0.221 e. The highest BCUT2D eigenvalue weighted by Crippen LogP contribution is 2.28. The van der Waals surface area contributed by atoms with Gasteiger partial charge in [-0.05, 0) is 56.2 Å². The summed E-state index contributed by atoms with van der Waals surface area (Å²) in [6.07, 6.45) is 3.50. The van der Waals surface area contributed by atoms with Crippen LogP contribution >= 0.6 is 0 Å². The average molecular weight is 359 g/mol. The van der Waals surface area contributed by atoms with Gasteiger partial charge in [-0.25, -0.2) is 0 Å². The second kappa shape index (κ2) is 7.92. The molecule has 27 heavy (non-hydrogen) atoms. The molecule has 136 valence electrons. The van der Waals surface area contributed by atoms with Gasteiger partial charge in [0.15, 0.2) is 11.9 Å². The Morgan fingerprint density at radius 1 is 1.26 bits per heavy atom. The van der Waals surface area contributed by atoms with E-state index in [0.29, 0.717) is 11.5 Å². The normalized spacial score (nSPS) is 12.2. The van der Waals surface area contributed by atoms with E-state index in [1.54, 1.807) is 25.1 Å². The predicted molar refractivity (Wildman–Crippen MR) is 106 cm³/mol. The molecule has 0 fully saturated rings. The number of benzene rings is 2. The van der Waals surface area contributed by atoms with Crippen LogP contribution in [0.3, 0.4) is 0 Å². The zero-order valence-corrected chi connectivity index (χ0v) is 15.7. The van der Waals surface area contributed by atoms with Crippen LogP contribution < -0.4 is 4.74 Å². The highest BCUT2D eigenvalue weighted by atomic mass is 16.5. The molecule has 4 heteroatoms. The Kier molecular flexibility index (Phi) is 5.42. The molecule has 0 aliphatic heterocycles. The predicted octanol–water partition coefficient (Wildman–Crippen LogP) is 5.49. The summed E-state index contributed by atoms with van der Waals surface area (Å²) in [5.74, 6) is 0.865. The van der Waals surface area contributed by atoms with E-state index in [1.165, 1.54) is 6.08 Å². The molecule has 0 aliphatic carbocycles. The van der Waals surface area contributed by atoms with Crippen LogP contribution in [0.4, 0.5) is 0 Å². The van der Waals surface area contributed by atoms with Crippen LogP contribution in [0.1, 0.15) is 41.1 Å². The number of ketones is 1. The molecule has 0 spiro atoms. The fourth-order valence-corrected chi connectivity index (χ4v) is 2.95. The van der Waals surface area contributed by atoms with Crippen LogP contribution in [-0.4, -0.2) is 11.9 Å². The Balaban J connectivity index is 1.81. The third-order valence-corrected chi connectivity index (χ3v) is 4.33. The van der Waals surface area contributed by atoms with Crippen molar-refractivity contribution in [2.24, 2.45) is 0 Å². The lowest BCUT2D eigenvalue weighted by atomic mass is 10.0. The fraction of sp³-hybridized carbons (Fsp3) is 0.217. The number of ether oxygens (including phenoxy) is 1. The van der Waals surface area contributed by atoms with Gasteiger partial charge < -0.3 is 9.15 Å². The number of aryl methyl sites for hydroxylation is 2. The van der Waals surface area contributed by atoms with E-state index in [9.17, 15) is 4.79 Å². The van der Waals surface area contributed by atoms with E-state index in [1.807, 2.05) is 44.2 Å². The van der Waals surface area contributed by atoms with Crippen molar-refractivity contribution in [2.75, 3.05) is 0 Å². The third-order valence-electron chi connectivity index (χ3n) is 4.33. The molecule has 3 rings (SSSR count). The highest BCUT2D eigenvalue weighted by molar-refractivity contribution is 6.08. The number of hydrogen-bond acceptors (Lipinski definition) is 4. The monoisotopic (exact) mass is 359 g/mol. The second-order valence-electron chi connectivity index (χ2n) is 6.42. The molecule has 0 N–H and O–H groups in total. The first-order chi connectivity index (χ1) is 13.0. The summed E-state index contributed by atoms with van der Waals surface area (Å²) in [5.41, 5.74) is 3.69. The Morgan fingerprint density at radius 3 is 2.67 bits per heavy atom. The number of carbonyl (C=O) groups is 1. The molecule has 0 saturated heterocycles. The molecule has 4 nitrogen and oxygen atoms in total. The van der Waals surface area contributed by atoms with Crippen molar-refractivity contribution < 1.29 is 13.9 Å². The number of nitriles is 1. The highest BCUT2D eigenvalue weighted by Gasteiger charge is 2.17. The molecule has 2 aromatic carbocycles. The van der Waals surface area contributed by atoms with Gasteiger partial charge in [-0.2, -0.15) is 5.26 Å². The van der Waals surface area contributed by atoms with Crippen molar-refractivity contribution in [3.8, 4) is 11.8 Å². The Labute approximate surface area is 158 Å². The molecule has 0 bridgehead atoms. The molecule has 1 aromatic heterocycles. The Morgan fingerprint density at radius 2 is 2.00 bits per heavy atom. The SMILES string of the molecule is CCc1c(C(=O)/C=C/c2ccc(OC(C)C#N)cc2)oc2ccc(C)cc12.